The zero-order chi connectivity index (χ0) is 18.1. The first-order valence-electron chi connectivity index (χ1n) is 10.3. The van der Waals surface area contributed by atoms with Gasteiger partial charge in [-0.1, -0.05) is 42.7 Å². The molecule has 4 nitrogen and oxygen atoms in total. The number of benzene rings is 1. The number of hydrogen-bond donors (Lipinski definition) is 1. The van der Waals surface area contributed by atoms with Gasteiger partial charge in [0.1, 0.15) is 0 Å². The van der Waals surface area contributed by atoms with Crippen LogP contribution in [0.2, 0.25) is 0 Å². The lowest BCUT2D eigenvalue weighted by Gasteiger charge is -2.41. The summed E-state index contributed by atoms with van der Waals surface area (Å²) in [5, 5.41) is 3.14. The van der Waals surface area contributed by atoms with Crippen molar-refractivity contribution in [3.8, 4) is 0 Å². The highest BCUT2D eigenvalue weighted by Crippen LogP contribution is 2.37. The smallest absolute Gasteiger partial charge is 0.226 e. The Morgan fingerprint density at radius 3 is 2.46 bits per heavy atom. The molecule has 4 rings (SSSR count). The molecule has 3 fully saturated rings. The van der Waals surface area contributed by atoms with E-state index in [1.807, 2.05) is 4.90 Å². The van der Waals surface area contributed by atoms with Crippen molar-refractivity contribution >= 4 is 11.8 Å². The van der Waals surface area contributed by atoms with Gasteiger partial charge in [-0.25, -0.2) is 0 Å². The number of likely N-dealkylation sites (tertiary alicyclic amines) is 1. The topological polar surface area (TPSA) is 49.4 Å². The van der Waals surface area contributed by atoms with Crippen LogP contribution in [-0.4, -0.2) is 29.3 Å². The van der Waals surface area contributed by atoms with Crippen molar-refractivity contribution in [2.24, 2.45) is 11.8 Å². The van der Waals surface area contributed by atoms with E-state index in [1.165, 1.54) is 11.1 Å². The number of carbonyl (C=O) groups is 2. The standard InChI is InChI=1S/C22H30N2O2/c1-15-5-4-8-17(13-15)20-12-9-18(21(25)23-19-10-11-19)14-24(20)22(26)16-6-2-3-7-16/h4-5,8,13,16,18-20H,2-3,6-7,9-12,14H2,1H3,(H,23,25)/t18-,20+/m0/s1. The van der Waals surface area contributed by atoms with E-state index < -0.39 is 0 Å². The fraction of sp³-hybridized carbons (Fsp3) is 0.636. The first-order chi connectivity index (χ1) is 12.6. The van der Waals surface area contributed by atoms with Crippen molar-refractivity contribution in [1.29, 1.82) is 0 Å². The minimum Gasteiger partial charge on any atom is -0.353 e. The molecule has 1 saturated heterocycles. The lowest BCUT2D eigenvalue weighted by molar-refractivity contribution is -0.142. The van der Waals surface area contributed by atoms with Crippen molar-refractivity contribution in [1.82, 2.24) is 10.2 Å². The third kappa shape index (κ3) is 3.79. The summed E-state index contributed by atoms with van der Waals surface area (Å²) in [6.07, 6.45) is 8.29. The fourth-order valence-electron chi connectivity index (χ4n) is 4.61. The zero-order valence-electron chi connectivity index (χ0n) is 15.7. The molecule has 2 aliphatic carbocycles. The van der Waals surface area contributed by atoms with E-state index >= 15 is 0 Å². The third-order valence-electron chi connectivity index (χ3n) is 6.29. The highest BCUT2D eigenvalue weighted by atomic mass is 16.2. The molecule has 1 aromatic rings. The van der Waals surface area contributed by atoms with Gasteiger partial charge in [0.15, 0.2) is 0 Å². The van der Waals surface area contributed by atoms with E-state index in [1.54, 1.807) is 0 Å². The Morgan fingerprint density at radius 1 is 1.00 bits per heavy atom. The molecule has 2 saturated carbocycles. The molecule has 3 aliphatic rings. The maximum Gasteiger partial charge on any atom is 0.226 e. The largest absolute Gasteiger partial charge is 0.353 e. The minimum absolute atomic E-state index is 0.0537. The maximum absolute atomic E-state index is 13.3. The van der Waals surface area contributed by atoms with Crippen molar-refractivity contribution in [3.63, 3.8) is 0 Å². The fourth-order valence-corrected chi connectivity index (χ4v) is 4.61. The number of aryl methyl sites for hydroxylation is 1. The number of piperidine rings is 1. The zero-order valence-corrected chi connectivity index (χ0v) is 15.7. The predicted octanol–water partition coefficient (Wildman–Crippen LogP) is 3.74. The number of amides is 2. The second-order valence-electron chi connectivity index (χ2n) is 8.46. The van der Waals surface area contributed by atoms with Crippen molar-refractivity contribution in [3.05, 3.63) is 35.4 Å². The molecule has 1 aromatic carbocycles. The Hall–Kier alpha value is -1.84. The highest BCUT2D eigenvalue weighted by molar-refractivity contribution is 5.83. The quantitative estimate of drug-likeness (QED) is 0.895. The molecule has 0 unspecified atom stereocenters. The van der Waals surface area contributed by atoms with Gasteiger partial charge >= 0.3 is 0 Å². The summed E-state index contributed by atoms with van der Waals surface area (Å²) in [6.45, 7) is 2.67. The van der Waals surface area contributed by atoms with E-state index in [0.29, 0.717) is 12.6 Å². The van der Waals surface area contributed by atoms with E-state index in [0.717, 1.165) is 51.4 Å². The minimum atomic E-state index is -0.0537. The highest BCUT2D eigenvalue weighted by Gasteiger charge is 2.39. The average molecular weight is 354 g/mol. The van der Waals surface area contributed by atoms with Gasteiger partial charge in [-0.15, -0.1) is 0 Å². The molecule has 0 bridgehead atoms. The molecule has 26 heavy (non-hydrogen) atoms. The molecule has 1 aliphatic heterocycles. The van der Waals surface area contributed by atoms with Gasteiger partial charge in [0, 0.05) is 18.5 Å². The van der Waals surface area contributed by atoms with Gasteiger partial charge < -0.3 is 10.2 Å². The molecular weight excluding hydrogens is 324 g/mol. The Labute approximate surface area is 156 Å². The van der Waals surface area contributed by atoms with Gasteiger partial charge in [0.25, 0.3) is 0 Å². The summed E-state index contributed by atoms with van der Waals surface area (Å²) in [4.78, 5) is 27.9. The van der Waals surface area contributed by atoms with Crippen LogP contribution in [0.4, 0.5) is 0 Å². The molecule has 0 aromatic heterocycles. The number of carbonyl (C=O) groups excluding carboxylic acids is 2. The van der Waals surface area contributed by atoms with Gasteiger partial charge in [0.05, 0.1) is 12.0 Å². The van der Waals surface area contributed by atoms with E-state index in [2.05, 4.69) is 36.5 Å². The van der Waals surface area contributed by atoms with Gasteiger partial charge in [-0.2, -0.15) is 0 Å². The van der Waals surface area contributed by atoms with Crippen LogP contribution in [0.25, 0.3) is 0 Å². The van der Waals surface area contributed by atoms with Gasteiger partial charge in [-0.05, 0) is 51.0 Å². The lowest BCUT2D eigenvalue weighted by atomic mass is 9.86. The second kappa shape index (κ2) is 7.42. The lowest BCUT2D eigenvalue weighted by Crippen LogP contribution is -2.48. The first kappa shape index (κ1) is 17.6. The summed E-state index contributed by atoms with van der Waals surface area (Å²) < 4.78 is 0. The SMILES string of the molecule is Cc1cccc([C@H]2CC[C@H](C(=O)NC3CC3)CN2C(=O)C2CCCC2)c1. The number of nitrogens with zero attached hydrogens (tertiary/aromatic N) is 1. The Morgan fingerprint density at radius 2 is 1.77 bits per heavy atom. The molecule has 4 heteroatoms. The monoisotopic (exact) mass is 354 g/mol. The number of hydrogen-bond acceptors (Lipinski definition) is 2. The Balaban J connectivity index is 1.54. The van der Waals surface area contributed by atoms with Crippen molar-refractivity contribution in [2.45, 2.75) is 70.4 Å². The molecule has 1 N–H and O–H groups in total. The van der Waals surface area contributed by atoms with Crippen LogP contribution in [0, 0.1) is 18.8 Å². The van der Waals surface area contributed by atoms with Gasteiger partial charge in [-0.3, -0.25) is 9.59 Å². The van der Waals surface area contributed by atoms with Crippen LogP contribution in [0.15, 0.2) is 24.3 Å². The van der Waals surface area contributed by atoms with Crippen LogP contribution < -0.4 is 5.32 Å². The normalized spacial score (nSPS) is 26.7. The Bertz CT molecular complexity index is 676. The molecule has 2 amide bonds. The first-order valence-corrected chi connectivity index (χ1v) is 10.3. The van der Waals surface area contributed by atoms with Crippen LogP contribution in [-0.2, 0) is 9.59 Å². The predicted molar refractivity (Wildman–Crippen MR) is 101 cm³/mol. The van der Waals surface area contributed by atoms with E-state index in [9.17, 15) is 9.59 Å². The van der Waals surface area contributed by atoms with E-state index in [-0.39, 0.29) is 29.7 Å². The summed E-state index contributed by atoms with van der Waals surface area (Å²) in [6, 6.07) is 9.02. The summed E-state index contributed by atoms with van der Waals surface area (Å²) >= 11 is 0. The number of rotatable bonds is 4. The third-order valence-corrected chi connectivity index (χ3v) is 6.29. The molecule has 140 valence electrons. The summed E-state index contributed by atoms with van der Waals surface area (Å²) in [7, 11) is 0. The van der Waals surface area contributed by atoms with Crippen molar-refractivity contribution in [2.75, 3.05) is 6.54 Å². The van der Waals surface area contributed by atoms with E-state index in [4.69, 9.17) is 0 Å². The molecular formula is C22H30N2O2. The van der Waals surface area contributed by atoms with Crippen LogP contribution in [0.3, 0.4) is 0 Å². The average Bonchev–Trinajstić information content (AvgIpc) is 3.29. The number of nitrogens with one attached hydrogen (secondary N) is 1. The Kier molecular flexibility index (Phi) is 5.01. The summed E-state index contributed by atoms with van der Waals surface area (Å²) in [5.74, 6) is 0.534. The van der Waals surface area contributed by atoms with Crippen LogP contribution in [0.1, 0.15) is 68.5 Å². The second-order valence-corrected chi connectivity index (χ2v) is 8.46. The van der Waals surface area contributed by atoms with Gasteiger partial charge in [0.2, 0.25) is 11.8 Å². The molecule has 0 radical (unpaired) electrons. The molecule has 2 atom stereocenters. The van der Waals surface area contributed by atoms with Crippen molar-refractivity contribution < 1.29 is 9.59 Å². The van der Waals surface area contributed by atoms with Crippen LogP contribution in [0.5, 0.6) is 0 Å². The summed E-state index contributed by atoms with van der Waals surface area (Å²) in [5.41, 5.74) is 2.45. The molecule has 1 heterocycles. The maximum atomic E-state index is 13.3. The molecule has 0 spiro atoms. The van der Waals surface area contributed by atoms with Crippen LogP contribution >= 0.6 is 0 Å².